The van der Waals surface area contributed by atoms with Gasteiger partial charge in [-0.2, -0.15) is 17.4 Å². The van der Waals surface area contributed by atoms with E-state index in [1.165, 1.54) is 59.7 Å². The highest BCUT2D eigenvalue weighted by molar-refractivity contribution is 9.10. The third kappa shape index (κ3) is 7.89. The van der Waals surface area contributed by atoms with E-state index < -0.39 is 10.2 Å². The molecule has 1 saturated carbocycles. The van der Waals surface area contributed by atoms with E-state index in [2.05, 4.69) is 37.7 Å². The molecule has 1 N–H and O–H groups in total. The minimum atomic E-state index is -3.37. The number of piperidine rings is 1. The van der Waals surface area contributed by atoms with E-state index in [-0.39, 0.29) is 6.04 Å². The molecule has 3 fully saturated rings. The summed E-state index contributed by atoms with van der Waals surface area (Å²) < 4.78 is 36.1. The number of hydrogen-bond donors (Lipinski definition) is 1. The van der Waals surface area contributed by atoms with Crippen molar-refractivity contribution >= 4 is 37.7 Å². The van der Waals surface area contributed by atoms with Crippen molar-refractivity contribution in [2.24, 2.45) is 11.8 Å². The van der Waals surface area contributed by atoms with Gasteiger partial charge in [-0.25, -0.2) is 0 Å². The SMILES string of the molecule is O=S(=O)(N[C@H]1CC[C@H](CCCN2CCC(Cc3cc(Cl)ccc3Br)CC2)CC1)N1CCOCC1. The third-order valence-electron chi connectivity index (χ3n) is 7.78. The monoisotopic (exact) mass is 575 g/mol. The molecular weight excluding hydrogens is 538 g/mol. The maximum absolute atomic E-state index is 12.6. The molecule has 9 heteroatoms. The van der Waals surface area contributed by atoms with Gasteiger partial charge < -0.3 is 9.64 Å². The van der Waals surface area contributed by atoms with Gasteiger partial charge in [-0.05, 0) is 113 Å². The Kier molecular flexibility index (Phi) is 10.1. The smallest absolute Gasteiger partial charge is 0.279 e. The first-order valence-electron chi connectivity index (χ1n) is 12.9. The van der Waals surface area contributed by atoms with Gasteiger partial charge in [0.05, 0.1) is 13.2 Å². The summed E-state index contributed by atoms with van der Waals surface area (Å²) in [5.74, 6) is 1.48. The largest absolute Gasteiger partial charge is 0.379 e. The Bertz CT molecular complexity index is 881. The molecule has 0 unspecified atom stereocenters. The summed E-state index contributed by atoms with van der Waals surface area (Å²) in [4.78, 5) is 2.63. The van der Waals surface area contributed by atoms with Crippen molar-refractivity contribution in [3.63, 3.8) is 0 Å². The number of nitrogens with zero attached hydrogens (tertiary/aromatic N) is 2. The van der Waals surface area contributed by atoms with Crippen LogP contribution in [0.2, 0.25) is 5.02 Å². The van der Waals surface area contributed by atoms with Crippen LogP contribution >= 0.6 is 27.5 Å². The fourth-order valence-corrected chi connectivity index (χ4v) is 7.71. The fourth-order valence-electron chi connectivity index (χ4n) is 5.67. The van der Waals surface area contributed by atoms with Gasteiger partial charge in [-0.1, -0.05) is 27.5 Å². The zero-order valence-electron chi connectivity index (χ0n) is 20.1. The van der Waals surface area contributed by atoms with Crippen molar-refractivity contribution < 1.29 is 13.2 Å². The van der Waals surface area contributed by atoms with Gasteiger partial charge in [-0.15, -0.1) is 0 Å². The molecule has 6 nitrogen and oxygen atoms in total. The van der Waals surface area contributed by atoms with E-state index in [0.717, 1.165) is 49.0 Å². The molecule has 192 valence electrons. The summed E-state index contributed by atoms with van der Waals surface area (Å²) in [6.45, 7) is 5.48. The van der Waals surface area contributed by atoms with Gasteiger partial charge in [0.25, 0.3) is 10.2 Å². The van der Waals surface area contributed by atoms with E-state index in [1.54, 1.807) is 0 Å². The molecule has 0 amide bonds. The first kappa shape index (κ1) is 26.8. The third-order valence-corrected chi connectivity index (χ3v) is 10.5. The highest BCUT2D eigenvalue weighted by Crippen LogP contribution is 2.30. The van der Waals surface area contributed by atoms with Crippen molar-refractivity contribution in [1.29, 1.82) is 0 Å². The van der Waals surface area contributed by atoms with Crippen LogP contribution in [0.5, 0.6) is 0 Å². The number of benzene rings is 1. The van der Waals surface area contributed by atoms with Gasteiger partial charge in [0.2, 0.25) is 0 Å². The Morgan fingerprint density at radius 1 is 1.00 bits per heavy atom. The normalized spacial score (nSPS) is 26.1. The van der Waals surface area contributed by atoms with Crippen LogP contribution in [0.3, 0.4) is 0 Å². The summed E-state index contributed by atoms with van der Waals surface area (Å²) in [7, 11) is -3.37. The Hall–Kier alpha value is -0.220. The standard InChI is InChI=1S/C25H39BrClN3O3S/c26-25-8-5-23(27)19-22(25)18-21-9-12-29(13-10-21)11-1-2-20-3-6-24(7-4-20)28-34(31,32)30-14-16-33-17-15-30/h5,8,19-21,24,28H,1-4,6-7,9-18H2/t20-,24-. The van der Waals surface area contributed by atoms with Crippen LogP contribution in [0.25, 0.3) is 0 Å². The lowest BCUT2D eigenvalue weighted by Gasteiger charge is -2.34. The van der Waals surface area contributed by atoms with E-state index in [9.17, 15) is 8.42 Å². The van der Waals surface area contributed by atoms with Crippen LogP contribution in [0.1, 0.15) is 56.9 Å². The number of hydrogen-bond acceptors (Lipinski definition) is 4. The quantitative estimate of drug-likeness (QED) is 0.456. The number of nitrogens with one attached hydrogen (secondary N) is 1. The van der Waals surface area contributed by atoms with E-state index in [4.69, 9.17) is 16.3 Å². The van der Waals surface area contributed by atoms with Gasteiger partial charge in [0, 0.05) is 28.6 Å². The maximum atomic E-state index is 12.6. The molecule has 0 aromatic heterocycles. The summed E-state index contributed by atoms with van der Waals surface area (Å²) in [5.41, 5.74) is 1.33. The summed E-state index contributed by atoms with van der Waals surface area (Å²) in [5, 5.41) is 0.819. The number of likely N-dealkylation sites (tertiary alicyclic amines) is 1. The lowest BCUT2D eigenvalue weighted by Crippen LogP contribution is -2.50. The second-order valence-electron chi connectivity index (χ2n) is 10.2. The van der Waals surface area contributed by atoms with Gasteiger partial charge >= 0.3 is 0 Å². The summed E-state index contributed by atoms with van der Waals surface area (Å²) in [6.07, 6.45) is 10.3. The molecule has 0 bridgehead atoms. The average Bonchev–Trinajstić information content (AvgIpc) is 2.84. The molecule has 2 heterocycles. The Balaban J connectivity index is 1.09. The van der Waals surface area contributed by atoms with Gasteiger partial charge in [0.15, 0.2) is 0 Å². The van der Waals surface area contributed by atoms with Gasteiger partial charge in [0.1, 0.15) is 0 Å². The van der Waals surface area contributed by atoms with E-state index >= 15 is 0 Å². The second-order valence-corrected chi connectivity index (χ2v) is 13.2. The lowest BCUT2D eigenvalue weighted by molar-refractivity contribution is 0.0721. The molecular formula is C25H39BrClN3O3S. The molecule has 1 aromatic carbocycles. The first-order valence-corrected chi connectivity index (χ1v) is 15.5. The molecule has 4 rings (SSSR count). The topological polar surface area (TPSA) is 61.9 Å². The second kappa shape index (κ2) is 12.8. The molecule has 1 aromatic rings. The number of halogens is 2. The number of ether oxygens (including phenoxy) is 1. The van der Waals surface area contributed by atoms with Crippen molar-refractivity contribution in [3.8, 4) is 0 Å². The van der Waals surface area contributed by atoms with Crippen molar-refractivity contribution in [2.45, 2.75) is 63.8 Å². The Morgan fingerprint density at radius 3 is 2.41 bits per heavy atom. The van der Waals surface area contributed by atoms with Crippen molar-refractivity contribution in [1.82, 2.24) is 13.9 Å². The minimum absolute atomic E-state index is 0.0858. The maximum Gasteiger partial charge on any atom is 0.279 e. The van der Waals surface area contributed by atoms with Crippen LogP contribution in [0.4, 0.5) is 0 Å². The molecule has 3 aliphatic rings. The van der Waals surface area contributed by atoms with E-state index in [0.29, 0.717) is 26.3 Å². The molecule has 0 spiro atoms. The van der Waals surface area contributed by atoms with Crippen LogP contribution < -0.4 is 4.72 Å². The zero-order chi connectivity index (χ0) is 24.0. The van der Waals surface area contributed by atoms with Gasteiger partial charge in [-0.3, -0.25) is 0 Å². The van der Waals surface area contributed by atoms with Crippen LogP contribution in [-0.2, 0) is 21.4 Å². The molecule has 2 aliphatic heterocycles. The number of rotatable bonds is 9. The predicted molar refractivity (Wildman–Crippen MR) is 141 cm³/mol. The minimum Gasteiger partial charge on any atom is -0.379 e. The van der Waals surface area contributed by atoms with Crippen LogP contribution in [0.15, 0.2) is 22.7 Å². The molecule has 34 heavy (non-hydrogen) atoms. The lowest BCUT2D eigenvalue weighted by atomic mass is 9.83. The predicted octanol–water partition coefficient (Wildman–Crippen LogP) is 4.86. The summed E-state index contributed by atoms with van der Waals surface area (Å²) >= 11 is 9.85. The molecule has 0 atom stereocenters. The number of morpholine rings is 1. The highest BCUT2D eigenvalue weighted by Gasteiger charge is 2.29. The molecule has 2 saturated heterocycles. The molecule has 1 aliphatic carbocycles. The first-order chi connectivity index (χ1) is 16.4. The van der Waals surface area contributed by atoms with Crippen LogP contribution in [-0.4, -0.2) is 69.6 Å². The molecule has 0 radical (unpaired) electrons. The zero-order valence-corrected chi connectivity index (χ0v) is 23.2. The van der Waals surface area contributed by atoms with Crippen LogP contribution in [0, 0.1) is 11.8 Å². The Labute approximate surface area is 219 Å². The highest BCUT2D eigenvalue weighted by atomic mass is 79.9. The van der Waals surface area contributed by atoms with Crippen molar-refractivity contribution in [2.75, 3.05) is 45.9 Å². The van der Waals surface area contributed by atoms with Crippen molar-refractivity contribution in [3.05, 3.63) is 33.3 Å². The Morgan fingerprint density at radius 2 is 1.71 bits per heavy atom. The summed E-state index contributed by atoms with van der Waals surface area (Å²) in [6, 6.07) is 6.18. The fraction of sp³-hybridized carbons (Fsp3) is 0.760. The van der Waals surface area contributed by atoms with E-state index in [1.807, 2.05) is 6.07 Å². The average molecular weight is 577 g/mol.